The van der Waals surface area contributed by atoms with Crippen molar-refractivity contribution in [1.29, 1.82) is 0 Å². The predicted octanol–water partition coefficient (Wildman–Crippen LogP) is 4.15. The molecule has 1 N–H and O–H groups in total. The first-order chi connectivity index (χ1) is 12.8. The first kappa shape index (κ1) is 20.9. The standard InChI is InChI=1S/C22H33N3O.HI/c1-23-22(24-13-21(19-7-8-19)20-9-10-20)25-12-11-18(14-25)16-26-15-17-5-3-2-4-6-17;/h2-6,18-21H,7-16H2,1H3,(H,23,24);1H. The lowest BCUT2D eigenvalue weighted by molar-refractivity contribution is 0.0906. The van der Waals surface area contributed by atoms with Gasteiger partial charge in [-0.05, 0) is 55.4 Å². The van der Waals surface area contributed by atoms with Crippen LogP contribution in [-0.2, 0) is 11.3 Å². The number of rotatable bonds is 8. The van der Waals surface area contributed by atoms with Gasteiger partial charge >= 0.3 is 0 Å². The van der Waals surface area contributed by atoms with E-state index in [0.717, 1.165) is 56.6 Å². The van der Waals surface area contributed by atoms with E-state index in [4.69, 9.17) is 4.74 Å². The maximum absolute atomic E-state index is 5.96. The summed E-state index contributed by atoms with van der Waals surface area (Å²) in [4.78, 5) is 6.98. The van der Waals surface area contributed by atoms with Gasteiger partial charge in [0.1, 0.15) is 0 Å². The van der Waals surface area contributed by atoms with E-state index in [2.05, 4.69) is 39.5 Å². The van der Waals surface area contributed by atoms with Crippen molar-refractivity contribution in [2.45, 2.75) is 38.7 Å². The average molecular weight is 483 g/mol. The van der Waals surface area contributed by atoms with E-state index in [9.17, 15) is 0 Å². The largest absolute Gasteiger partial charge is 0.376 e. The lowest BCUT2D eigenvalue weighted by Gasteiger charge is -2.24. The highest BCUT2D eigenvalue weighted by atomic mass is 127. The van der Waals surface area contributed by atoms with Gasteiger partial charge in [0.15, 0.2) is 5.96 Å². The summed E-state index contributed by atoms with van der Waals surface area (Å²) in [5.41, 5.74) is 1.26. The van der Waals surface area contributed by atoms with Crippen LogP contribution < -0.4 is 5.32 Å². The molecule has 0 amide bonds. The van der Waals surface area contributed by atoms with Crippen molar-refractivity contribution in [3.63, 3.8) is 0 Å². The molecule has 3 aliphatic rings. The first-order valence-electron chi connectivity index (χ1n) is 10.4. The Hall–Kier alpha value is -0.820. The Morgan fingerprint density at radius 1 is 1.15 bits per heavy atom. The highest BCUT2D eigenvalue weighted by Crippen LogP contribution is 2.48. The minimum Gasteiger partial charge on any atom is -0.376 e. The molecule has 1 unspecified atom stereocenters. The molecule has 0 bridgehead atoms. The minimum absolute atomic E-state index is 0. The number of benzene rings is 1. The van der Waals surface area contributed by atoms with E-state index < -0.39 is 0 Å². The van der Waals surface area contributed by atoms with Gasteiger partial charge in [-0.15, -0.1) is 24.0 Å². The molecule has 1 aliphatic heterocycles. The van der Waals surface area contributed by atoms with Gasteiger partial charge < -0.3 is 15.0 Å². The molecule has 0 radical (unpaired) electrons. The summed E-state index contributed by atoms with van der Waals surface area (Å²) in [6.07, 6.45) is 7.00. The first-order valence-corrected chi connectivity index (χ1v) is 10.4. The van der Waals surface area contributed by atoms with E-state index in [0.29, 0.717) is 5.92 Å². The molecule has 2 aliphatic carbocycles. The zero-order valence-corrected chi connectivity index (χ0v) is 18.8. The quantitative estimate of drug-likeness (QED) is 0.343. The Bertz CT molecular complexity index is 589. The number of hydrogen-bond acceptors (Lipinski definition) is 2. The summed E-state index contributed by atoms with van der Waals surface area (Å²) in [5, 5.41) is 3.69. The molecule has 1 saturated heterocycles. The third-order valence-electron chi connectivity index (χ3n) is 6.21. The molecular formula is C22H34IN3O. The fourth-order valence-corrected chi connectivity index (χ4v) is 4.39. The number of nitrogens with one attached hydrogen (secondary N) is 1. The van der Waals surface area contributed by atoms with E-state index in [1.807, 2.05) is 13.1 Å². The lowest BCUT2D eigenvalue weighted by atomic mass is 9.98. The number of nitrogens with zero attached hydrogens (tertiary/aromatic N) is 2. The van der Waals surface area contributed by atoms with Crippen LogP contribution in [0.2, 0.25) is 0 Å². The fourth-order valence-electron chi connectivity index (χ4n) is 4.39. The van der Waals surface area contributed by atoms with Gasteiger partial charge in [-0.2, -0.15) is 0 Å². The van der Waals surface area contributed by atoms with Gasteiger partial charge in [-0.3, -0.25) is 4.99 Å². The van der Waals surface area contributed by atoms with Gasteiger partial charge in [0.05, 0.1) is 13.2 Å². The molecule has 1 aromatic rings. The van der Waals surface area contributed by atoms with Crippen LogP contribution in [0.5, 0.6) is 0 Å². The summed E-state index contributed by atoms with van der Waals surface area (Å²) >= 11 is 0. The summed E-state index contributed by atoms with van der Waals surface area (Å²) in [6, 6.07) is 10.4. The van der Waals surface area contributed by atoms with Crippen LogP contribution in [-0.4, -0.2) is 44.1 Å². The maximum Gasteiger partial charge on any atom is 0.193 e. The molecule has 3 fully saturated rings. The Labute approximate surface area is 181 Å². The minimum atomic E-state index is 0. The molecule has 4 rings (SSSR count). The Balaban J connectivity index is 0.00000210. The highest BCUT2D eigenvalue weighted by molar-refractivity contribution is 14.0. The maximum atomic E-state index is 5.96. The summed E-state index contributed by atoms with van der Waals surface area (Å²) < 4.78 is 5.96. The zero-order valence-electron chi connectivity index (χ0n) is 16.5. The van der Waals surface area contributed by atoms with Crippen LogP contribution in [0.1, 0.15) is 37.7 Å². The molecule has 5 heteroatoms. The summed E-state index contributed by atoms with van der Waals surface area (Å²) in [7, 11) is 1.92. The van der Waals surface area contributed by atoms with Gasteiger partial charge in [0.25, 0.3) is 0 Å². The Kier molecular flexibility index (Phi) is 7.82. The van der Waals surface area contributed by atoms with Gasteiger partial charge in [-0.1, -0.05) is 30.3 Å². The molecule has 0 spiro atoms. The van der Waals surface area contributed by atoms with Crippen molar-refractivity contribution in [3.8, 4) is 0 Å². The van der Waals surface area contributed by atoms with Crippen LogP contribution in [0.3, 0.4) is 0 Å². The highest BCUT2D eigenvalue weighted by Gasteiger charge is 2.41. The number of aliphatic imine (C=N–C) groups is 1. The molecule has 1 heterocycles. The smallest absolute Gasteiger partial charge is 0.193 e. The normalized spacial score (nSPS) is 22.8. The number of halogens is 1. The fraction of sp³-hybridized carbons (Fsp3) is 0.682. The lowest BCUT2D eigenvalue weighted by Crippen LogP contribution is -2.42. The van der Waals surface area contributed by atoms with Crippen molar-refractivity contribution < 1.29 is 4.74 Å². The van der Waals surface area contributed by atoms with Crippen LogP contribution in [0, 0.1) is 23.7 Å². The van der Waals surface area contributed by atoms with Crippen molar-refractivity contribution in [2.75, 3.05) is 33.3 Å². The van der Waals surface area contributed by atoms with Gasteiger partial charge in [-0.25, -0.2) is 0 Å². The number of hydrogen-bond donors (Lipinski definition) is 1. The van der Waals surface area contributed by atoms with E-state index in [1.54, 1.807) is 0 Å². The molecule has 150 valence electrons. The molecular weight excluding hydrogens is 449 g/mol. The van der Waals surface area contributed by atoms with Gasteiger partial charge in [0, 0.05) is 32.6 Å². The number of likely N-dealkylation sites (tertiary alicyclic amines) is 1. The van der Waals surface area contributed by atoms with Crippen molar-refractivity contribution in [3.05, 3.63) is 35.9 Å². The predicted molar refractivity (Wildman–Crippen MR) is 121 cm³/mol. The molecule has 1 aromatic carbocycles. The molecule has 1 atom stereocenters. The van der Waals surface area contributed by atoms with Crippen molar-refractivity contribution >= 4 is 29.9 Å². The second-order valence-electron chi connectivity index (χ2n) is 8.37. The molecule has 27 heavy (non-hydrogen) atoms. The molecule has 4 nitrogen and oxygen atoms in total. The van der Waals surface area contributed by atoms with E-state index >= 15 is 0 Å². The van der Waals surface area contributed by atoms with Crippen LogP contribution in [0.15, 0.2) is 35.3 Å². The summed E-state index contributed by atoms with van der Waals surface area (Å²) in [6.45, 7) is 4.83. The monoisotopic (exact) mass is 483 g/mol. The van der Waals surface area contributed by atoms with Crippen LogP contribution in [0.4, 0.5) is 0 Å². The van der Waals surface area contributed by atoms with Gasteiger partial charge in [0.2, 0.25) is 0 Å². The van der Waals surface area contributed by atoms with E-state index in [1.165, 1.54) is 37.7 Å². The van der Waals surface area contributed by atoms with Crippen molar-refractivity contribution in [1.82, 2.24) is 10.2 Å². The van der Waals surface area contributed by atoms with Crippen LogP contribution >= 0.6 is 24.0 Å². The van der Waals surface area contributed by atoms with E-state index in [-0.39, 0.29) is 24.0 Å². The second-order valence-corrected chi connectivity index (χ2v) is 8.37. The second kappa shape index (κ2) is 10.1. The third kappa shape index (κ3) is 6.08. The average Bonchev–Trinajstić information content (AvgIpc) is 3.60. The number of guanidine groups is 1. The number of ether oxygens (including phenoxy) is 1. The van der Waals surface area contributed by atoms with Crippen LogP contribution in [0.25, 0.3) is 0 Å². The topological polar surface area (TPSA) is 36.9 Å². The summed E-state index contributed by atoms with van der Waals surface area (Å²) in [5.74, 6) is 4.58. The molecule has 2 saturated carbocycles. The molecule has 0 aromatic heterocycles. The Morgan fingerprint density at radius 3 is 2.48 bits per heavy atom. The van der Waals surface area contributed by atoms with Crippen molar-refractivity contribution in [2.24, 2.45) is 28.7 Å². The SMILES string of the molecule is CN=C(NCC(C1CC1)C1CC1)N1CCC(COCc2ccccc2)C1.I. The third-order valence-corrected chi connectivity index (χ3v) is 6.21. The Morgan fingerprint density at radius 2 is 1.85 bits per heavy atom. The zero-order chi connectivity index (χ0) is 17.8.